The van der Waals surface area contributed by atoms with Gasteiger partial charge in [0.1, 0.15) is 11.2 Å². The molecule has 6 aromatic carbocycles. The van der Waals surface area contributed by atoms with Gasteiger partial charge in [0.05, 0.1) is 0 Å². The van der Waals surface area contributed by atoms with Crippen molar-refractivity contribution in [3.05, 3.63) is 139 Å². The number of aromatic nitrogens is 3. The van der Waals surface area contributed by atoms with Gasteiger partial charge in [-0.05, 0) is 81.0 Å². The van der Waals surface area contributed by atoms with E-state index in [1.54, 1.807) is 0 Å². The summed E-state index contributed by atoms with van der Waals surface area (Å²) in [5.74, 6) is 1.01. The normalized spacial score (nSPS) is 11.5. The van der Waals surface area contributed by atoms with E-state index in [4.69, 9.17) is 21.0 Å². The monoisotopic (exact) mass is 559 g/mol. The summed E-state index contributed by atoms with van der Waals surface area (Å²) in [5.41, 5.74) is 7.89. The molecule has 0 aliphatic heterocycles. The summed E-state index contributed by atoms with van der Waals surface area (Å²) < 4.78 is 6.08. The van der Waals surface area contributed by atoms with Gasteiger partial charge in [0.15, 0.2) is 11.6 Å². The Labute approximate surface area is 246 Å². The zero-order valence-corrected chi connectivity index (χ0v) is 23.1. The van der Waals surface area contributed by atoms with E-state index in [1.807, 2.05) is 54.6 Å². The van der Waals surface area contributed by atoms with Crippen LogP contribution in [-0.4, -0.2) is 15.0 Å². The number of halogens is 1. The molecular weight excluding hydrogens is 538 g/mol. The van der Waals surface area contributed by atoms with E-state index in [0.29, 0.717) is 11.6 Å². The number of benzene rings is 6. The number of para-hydroxylation sites is 1. The van der Waals surface area contributed by atoms with Crippen LogP contribution in [-0.2, 0) is 0 Å². The number of fused-ring (bicyclic) bond motifs is 4. The Bertz CT molecular complexity index is 2270. The molecule has 0 bridgehead atoms. The Kier molecular flexibility index (Phi) is 5.80. The van der Waals surface area contributed by atoms with Gasteiger partial charge in [-0.1, -0.05) is 97.1 Å². The van der Waals surface area contributed by atoms with Crippen LogP contribution < -0.4 is 0 Å². The van der Waals surface area contributed by atoms with Crippen molar-refractivity contribution in [3.63, 3.8) is 0 Å². The topological polar surface area (TPSA) is 51.8 Å². The molecule has 0 aliphatic carbocycles. The maximum Gasteiger partial charge on any atom is 0.226 e. The van der Waals surface area contributed by atoms with E-state index >= 15 is 0 Å². The van der Waals surface area contributed by atoms with Crippen LogP contribution in [0.25, 0.3) is 77.7 Å². The molecule has 0 fully saturated rings. The quantitative estimate of drug-likeness (QED) is 0.215. The van der Waals surface area contributed by atoms with Crippen molar-refractivity contribution in [2.75, 3.05) is 0 Å². The first kappa shape index (κ1) is 24.5. The molecule has 0 saturated heterocycles. The highest BCUT2D eigenvalue weighted by atomic mass is 35.5. The van der Waals surface area contributed by atoms with Crippen molar-refractivity contribution >= 4 is 44.3 Å². The lowest BCUT2D eigenvalue weighted by atomic mass is 9.97. The lowest BCUT2D eigenvalue weighted by molar-refractivity contribution is 0.669. The second kappa shape index (κ2) is 9.95. The summed E-state index contributed by atoms with van der Waals surface area (Å²) in [5, 5.41) is 4.66. The molecule has 8 rings (SSSR count). The van der Waals surface area contributed by atoms with Gasteiger partial charge in [0, 0.05) is 21.9 Å². The Hall–Kier alpha value is -5.32. The van der Waals surface area contributed by atoms with Crippen LogP contribution in [0.2, 0.25) is 5.28 Å². The van der Waals surface area contributed by atoms with Crippen molar-refractivity contribution in [1.82, 2.24) is 15.0 Å². The Morgan fingerprint density at radius 3 is 1.81 bits per heavy atom. The summed E-state index contributed by atoms with van der Waals surface area (Å²) in [6, 6.07) is 45.8. The Morgan fingerprint density at radius 2 is 1.00 bits per heavy atom. The zero-order chi connectivity index (χ0) is 28.0. The van der Waals surface area contributed by atoms with Crippen LogP contribution in [0.5, 0.6) is 0 Å². The molecule has 0 N–H and O–H groups in total. The van der Waals surface area contributed by atoms with E-state index in [1.165, 1.54) is 21.9 Å². The number of furan rings is 1. The van der Waals surface area contributed by atoms with Crippen LogP contribution in [0.4, 0.5) is 0 Å². The molecule has 0 unspecified atom stereocenters. The minimum absolute atomic E-state index is 0.143. The maximum atomic E-state index is 6.43. The van der Waals surface area contributed by atoms with Crippen molar-refractivity contribution in [2.24, 2.45) is 0 Å². The zero-order valence-electron chi connectivity index (χ0n) is 22.3. The molecule has 42 heavy (non-hydrogen) atoms. The van der Waals surface area contributed by atoms with E-state index in [2.05, 4.69) is 88.8 Å². The Balaban J connectivity index is 1.17. The first-order chi connectivity index (χ1) is 20.7. The summed E-state index contributed by atoms with van der Waals surface area (Å²) in [7, 11) is 0. The molecule has 0 spiro atoms. The van der Waals surface area contributed by atoms with Crippen molar-refractivity contribution in [3.8, 4) is 45.0 Å². The molecular formula is C37H22ClN3O. The van der Waals surface area contributed by atoms with Crippen LogP contribution in [0.1, 0.15) is 0 Å². The Morgan fingerprint density at radius 1 is 0.405 bits per heavy atom. The van der Waals surface area contributed by atoms with Crippen molar-refractivity contribution in [2.45, 2.75) is 0 Å². The fourth-order valence-electron chi connectivity index (χ4n) is 5.55. The average molecular weight is 560 g/mol. The average Bonchev–Trinajstić information content (AvgIpc) is 3.42. The largest absolute Gasteiger partial charge is 0.456 e. The number of nitrogens with zero attached hydrogens (tertiary/aromatic N) is 3. The first-order valence-electron chi connectivity index (χ1n) is 13.7. The van der Waals surface area contributed by atoms with Gasteiger partial charge >= 0.3 is 0 Å². The van der Waals surface area contributed by atoms with Gasteiger partial charge in [-0.2, -0.15) is 9.97 Å². The minimum atomic E-state index is 0.143. The smallest absolute Gasteiger partial charge is 0.226 e. The third kappa shape index (κ3) is 4.39. The van der Waals surface area contributed by atoms with E-state index < -0.39 is 0 Å². The SMILES string of the molecule is Clc1nc(-c2cccc(-c3ccc4ccc(-c5ccccc5)cc4c3)c2)nc(-c2ccc3c(c2)oc2ccccc23)n1. The standard InChI is InChI=1S/C37H22ClN3O/c38-37-40-35(39-36(41-37)29-17-18-32-31-11-4-5-12-33(31)42-34(32)22-29)28-10-6-9-25(19-28)27-16-14-24-13-15-26(20-30(24)21-27)23-7-2-1-3-8-23/h1-22H. The summed E-state index contributed by atoms with van der Waals surface area (Å²) in [6.07, 6.45) is 0. The van der Waals surface area contributed by atoms with Crippen molar-refractivity contribution < 1.29 is 4.42 Å². The highest BCUT2D eigenvalue weighted by molar-refractivity contribution is 6.28. The molecule has 2 aromatic heterocycles. The summed E-state index contributed by atoms with van der Waals surface area (Å²) in [6.45, 7) is 0. The molecule has 198 valence electrons. The maximum absolute atomic E-state index is 6.43. The molecule has 2 heterocycles. The fraction of sp³-hybridized carbons (Fsp3) is 0. The van der Waals surface area contributed by atoms with E-state index in [0.717, 1.165) is 44.2 Å². The van der Waals surface area contributed by atoms with Crippen LogP contribution in [0, 0.1) is 0 Å². The predicted molar refractivity (Wildman–Crippen MR) is 171 cm³/mol. The van der Waals surface area contributed by atoms with Gasteiger partial charge in [0.25, 0.3) is 0 Å². The number of hydrogen-bond acceptors (Lipinski definition) is 4. The van der Waals surface area contributed by atoms with E-state index in [-0.39, 0.29) is 5.28 Å². The lowest BCUT2D eigenvalue weighted by Crippen LogP contribution is -1.97. The first-order valence-corrected chi connectivity index (χ1v) is 14.1. The highest BCUT2D eigenvalue weighted by Crippen LogP contribution is 2.33. The van der Waals surface area contributed by atoms with Gasteiger partial charge < -0.3 is 4.42 Å². The number of rotatable bonds is 4. The predicted octanol–water partition coefficient (Wildman–Crippen LogP) is 10.2. The lowest BCUT2D eigenvalue weighted by Gasteiger charge is -2.09. The molecule has 4 nitrogen and oxygen atoms in total. The fourth-order valence-corrected chi connectivity index (χ4v) is 5.71. The molecule has 0 atom stereocenters. The van der Waals surface area contributed by atoms with Gasteiger partial charge in [-0.3, -0.25) is 0 Å². The second-order valence-electron chi connectivity index (χ2n) is 10.3. The van der Waals surface area contributed by atoms with Gasteiger partial charge in [0.2, 0.25) is 5.28 Å². The molecule has 0 aliphatic rings. The van der Waals surface area contributed by atoms with Gasteiger partial charge in [-0.15, -0.1) is 0 Å². The van der Waals surface area contributed by atoms with Crippen molar-refractivity contribution in [1.29, 1.82) is 0 Å². The minimum Gasteiger partial charge on any atom is -0.456 e. The second-order valence-corrected chi connectivity index (χ2v) is 10.6. The molecule has 0 saturated carbocycles. The summed E-state index contributed by atoms with van der Waals surface area (Å²) in [4.78, 5) is 13.7. The third-order valence-electron chi connectivity index (χ3n) is 7.65. The number of hydrogen-bond donors (Lipinski definition) is 0. The highest BCUT2D eigenvalue weighted by Gasteiger charge is 2.13. The van der Waals surface area contributed by atoms with Crippen LogP contribution >= 0.6 is 11.6 Å². The van der Waals surface area contributed by atoms with Crippen LogP contribution in [0.3, 0.4) is 0 Å². The van der Waals surface area contributed by atoms with Crippen LogP contribution in [0.15, 0.2) is 138 Å². The summed E-state index contributed by atoms with van der Waals surface area (Å²) >= 11 is 6.43. The molecule has 0 amide bonds. The molecule has 0 radical (unpaired) electrons. The molecule has 8 aromatic rings. The molecule has 5 heteroatoms. The third-order valence-corrected chi connectivity index (χ3v) is 7.82. The van der Waals surface area contributed by atoms with E-state index in [9.17, 15) is 0 Å². The van der Waals surface area contributed by atoms with Gasteiger partial charge in [-0.25, -0.2) is 4.98 Å².